The van der Waals surface area contributed by atoms with Gasteiger partial charge in [0.1, 0.15) is 5.76 Å². The summed E-state index contributed by atoms with van der Waals surface area (Å²) in [7, 11) is 0. The minimum Gasteiger partial charge on any atom is -0.465 e. The van der Waals surface area contributed by atoms with Crippen molar-refractivity contribution in [2.24, 2.45) is 0 Å². The fourth-order valence-corrected chi connectivity index (χ4v) is 1.81. The van der Waals surface area contributed by atoms with Crippen LogP contribution in [0.5, 0.6) is 0 Å². The molecule has 86 valence electrons. The minimum absolute atomic E-state index is 0.0809. The molecule has 2 N–H and O–H groups in total. The maximum atomic E-state index is 11.6. The fourth-order valence-electron chi connectivity index (χ4n) is 1.81. The van der Waals surface area contributed by atoms with Gasteiger partial charge in [-0.2, -0.15) is 0 Å². The normalized spacial score (nSPS) is 25.1. The van der Waals surface area contributed by atoms with Gasteiger partial charge >= 0.3 is 0 Å². The molecule has 0 spiro atoms. The molecule has 0 saturated carbocycles. The number of furan rings is 1. The van der Waals surface area contributed by atoms with E-state index in [1.165, 1.54) is 6.08 Å². The summed E-state index contributed by atoms with van der Waals surface area (Å²) in [5.74, 6) is 0.604. The summed E-state index contributed by atoms with van der Waals surface area (Å²) in [5, 5.41) is 6.22. The number of rotatable bonds is 3. The predicted octanol–water partition coefficient (Wildman–Crippen LogP) is 1.16. The van der Waals surface area contributed by atoms with E-state index in [1.807, 2.05) is 13.0 Å². The fraction of sp³-hybridized carbons (Fsp3) is 0.417. The second-order valence-corrected chi connectivity index (χ2v) is 4.33. The summed E-state index contributed by atoms with van der Waals surface area (Å²) in [6.45, 7) is 3.83. The molecule has 1 aromatic rings. The lowest BCUT2D eigenvalue weighted by Crippen LogP contribution is -2.46. The van der Waals surface area contributed by atoms with Crippen LogP contribution in [0.2, 0.25) is 0 Å². The van der Waals surface area contributed by atoms with Crippen molar-refractivity contribution in [2.75, 3.05) is 13.1 Å². The number of hydrogen-bond donors (Lipinski definition) is 2. The maximum absolute atomic E-state index is 11.6. The van der Waals surface area contributed by atoms with Crippen molar-refractivity contribution in [3.05, 3.63) is 30.2 Å². The monoisotopic (exact) mass is 220 g/mol. The molecular formula is C12H16N2O2. The molecule has 1 unspecified atom stereocenters. The van der Waals surface area contributed by atoms with Gasteiger partial charge in [0.15, 0.2) is 0 Å². The molecule has 0 aromatic carbocycles. The molecule has 1 amide bonds. The van der Waals surface area contributed by atoms with E-state index in [0.29, 0.717) is 5.76 Å². The first kappa shape index (κ1) is 11.0. The molecule has 1 atom stereocenters. The Hall–Kier alpha value is -1.55. The Kier molecular flexibility index (Phi) is 3.10. The van der Waals surface area contributed by atoms with Gasteiger partial charge in [0.25, 0.3) is 0 Å². The molecule has 2 heterocycles. The van der Waals surface area contributed by atoms with E-state index in [0.717, 1.165) is 19.5 Å². The Labute approximate surface area is 94.7 Å². The van der Waals surface area contributed by atoms with E-state index in [-0.39, 0.29) is 11.4 Å². The zero-order valence-electron chi connectivity index (χ0n) is 9.32. The Morgan fingerprint density at radius 1 is 1.69 bits per heavy atom. The van der Waals surface area contributed by atoms with Gasteiger partial charge < -0.3 is 15.1 Å². The van der Waals surface area contributed by atoms with Gasteiger partial charge in [0.2, 0.25) is 5.91 Å². The lowest BCUT2D eigenvalue weighted by Gasteiger charge is -2.23. The summed E-state index contributed by atoms with van der Waals surface area (Å²) < 4.78 is 5.10. The van der Waals surface area contributed by atoms with Crippen LogP contribution in [0.25, 0.3) is 6.08 Å². The standard InChI is InChI=1S/C12H16N2O2/c1-12(6-7-13-9-12)14-11(15)5-4-10-3-2-8-16-10/h2-5,8,13H,6-7,9H2,1H3,(H,14,15)/b5-4+. The van der Waals surface area contributed by atoms with Gasteiger partial charge in [-0.25, -0.2) is 0 Å². The number of nitrogens with one attached hydrogen (secondary N) is 2. The summed E-state index contributed by atoms with van der Waals surface area (Å²) >= 11 is 0. The van der Waals surface area contributed by atoms with Crippen LogP contribution >= 0.6 is 0 Å². The Morgan fingerprint density at radius 3 is 3.19 bits per heavy atom. The third-order valence-electron chi connectivity index (χ3n) is 2.74. The maximum Gasteiger partial charge on any atom is 0.244 e. The van der Waals surface area contributed by atoms with Gasteiger partial charge in [0, 0.05) is 12.6 Å². The molecule has 1 aliphatic heterocycles. The van der Waals surface area contributed by atoms with Crippen molar-refractivity contribution in [2.45, 2.75) is 18.9 Å². The van der Waals surface area contributed by atoms with Crippen molar-refractivity contribution >= 4 is 12.0 Å². The van der Waals surface area contributed by atoms with Gasteiger partial charge in [-0.15, -0.1) is 0 Å². The summed E-state index contributed by atoms with van der Waals surface area (Å²) in [6, 6.07) is 3.60. The number of carbonyl (C=O) groups is 1. The highest BCUT2D eigenvalue weighted by Gasteiger charge is 2.29. The highest BCUT2D eigenvalue weighted by atomic mass is 16.3. The van der Waals surface area contributed by atoms with E-state index in [9.17, 15) is 4.79 Å². The zero-order valence-corrected chi connectivity index (χ0v) is 9.32. The smallest absolute Gasteiger partial charge is 0.244 e. The van der Waals surface area contributed by atoms with Crippen molar-refractivity contribution in [3.63, 3.8) is 0 Å². The molecule has 1 aliphatic rings. The minimum atomic E-state index is -0.120. The summed E-state index contributed by atoms with van der Waals surface area (Å²) in [6.07, 6.45) is 5.72. The molecule has 0 radical (unpaired) electrons. The van der Waals surface area contributed by atoms with Crippen LogP contribution < -0.4 is 10.6 Å². The van der Waals surface area contributed by atoms with E-state index in [1.54, 1.807) is 18.4 Å². The van der Waals surface area contributed by atoms with Crippen LogP contribution in [0, 0.1) is 0 Å². The van der Waals surface area contributed by atoms with Crippen LogP contribution in [0.3, 0.4) is 0 Å². The van der Waals surface area contributed by atoms with Crippen LogP contribution in [-0.4, -0.2) is 24.5 Å². The van der Waals surface area contributed by atoms with E-state index in [2.05, 4.69) is 10.6 Å². The Morgan fingerprint density at radius 2 is 2.56 bits per heavy atom. The molecule has 16 heavy (non-hydrogen) atoms. The van der Waals surface area contributed by atoms with Crippen LogP contribution in [0.1, 0.15) is 19.1 Å². The van der Waals surface area contributed by atoms with E-state index in [4.69, 9.17) is 4.42 Å². The van der Waals surface area contributed by atoms with Gasteiger partial charge in [-0.05, 0) is 38.1 Å². The molecule has 0 aliphatic carbocycles. The van der Waals surface area contributed by atoms with Gasteiger partial charge in [-0.3, -0.25) is 4.79 Å². The molecule has 4 heteroatoms. The highest BCUT2D eigenvalue weighted by molar-refractivity contribution is 5.91. The zero-order chi connectivity index (χ0) is 11.4. The van der Waals surface area contributed by atoms with E-state index >= 15 is 0 Å². The molecule has 0 bridgehead atoms. The number of carbonyl (C=O) groups excluding carboxylic acids is 1. The van der Waals surface area contributed by atoms with Crippen LogP contribution in [0.4, 0.5) is 0 Å². The van der Waals surface area contributed by atoms with E-state index < -0.39 is 0 Å². The first-order chi connectivity index (χ1) is 7.68. The molecule has 1 saturated heterocycles. The average molecular weight is 220 g/mol. The molecule has 1 aromatic heterocycles. The topological polar surface area (TPSA) is 54.3 Å². The third kappa shape index (κ3) is 2.73. The molecular weight excluding hydrogens is 204 g/mol. The third-order valence-corrected chi connectivity index (χ3v) is 2.74. The highest BCUT2D eigenvalue weighted by Crippen LogP contribution is 2.13. The Bertz CT molecular complexity index is 376. The van der Waals surface area contributed by atoms with Crippen molar-refractivity contribution < 1.29 is 9.21 Å². The SMILES string of the molecule is CC1(NC(=O)/C=C/c2ccco2)CCNC1. The predicted molar refractivity (Wildman–Crippen MR) is 61.8 cm³/mol. The molecule has 4 nitrogen and oxygen atoms in total. The second kappa shape index (κ2) is 4.53. The van der Waals surface area contributed by atoms with Crippen molar-refractivity contribution in [1.82, 2.24) is 10.6 Å². The number of hydrogen-bond acceptors (Lipinski definition) is 3. The number of amides is 1. The van der Waals surface area contributed by atoms with Gasteiger partial charge in [0.05, 0.1) is 11.8 Å². The van der Waals surface area contributed by atoms with Crippen molar-refractivity contribution in [1.29, 1.82) is 0 Å². The van der Waals surface area contributed by atoms with Crippen molar-refractivity contribution in [3.8, 4) is 0 Å². The first-order valence-electron chi connectivity index (χ1n) is 5.42. The van der Waals surface area contributed by atoms with Gasteiger partial charge in [-0.1, -0.05) is 0 Å². The second-order valence-electron chi connectivity index (χ2n) is 4.33. The summed E-state index contributed by atoms with van der Waals surface area (Å²) in [5.41, 5.74) is -0.120. The Balaban J connectivity index is 1.89. The molecule has 2 rings (SSSR count). The first-order valence-corrected chi connectivity index (χ1v) is 5.42. The lowest BCUT2D eigenvalue weighted by molar-refractivity contribution is -0.117. The van der Waals surface area contributed by atoms with Crippen LogP contribution in [0.15, 0.2) is 28.9 Å². The van der Waals surface area contributed by atoms with Crippen LogP contribution in [-0.2, 0) is 4.79 Å². The molecule has 1 fully saturated rings. The average Bonchev–Trinajstić information content (AvgIpc) is 2.86. The summed E-state index contributed by atoms with van der Waals surface area (Å²) in [4.78, 5) is 11.6. The quantitative estimate of drug-likeness (QED) is 0.752. The lowest BCUT2D eigenvalue weighted by atomic mass is 10.0. The largest absolute Gasteiger partial charge is 0.465 e.